The minimum atomic E-state index is 0.958. The van der Waals surface area contributed by atoms with Gasteiger partial charge in [0.25, 0.3) is 0 Å². The molecular weight excluding hydrogens is 244 g/mol. The Balaban J connectivity index is 2.21. The van der Waals surface area contributed by atoms with Crippen molar-refractivity contribution in [1.82, 2.24) is 14.9 Å². The first-order chi connectivity index (χ1) is 6.83. The third kappa shape index (κ3) is 1.79. The average Bonchev–Trinajstić information content (AvgIpc) is 2.61. The lowest BCUT2D eigenvalue weighted by atomic mass is 10.4. The highest BCUT2D eigenvalue weighted by Crippen LogP contribution is 2.19. The van der Waals surface area contributed by atoms with Gasteiger partial charge in [-0.25, -0.2) is 4.98 Å². The summed E-state index contributed by atoms with van der Waals surface area (Å²) in [5.74, 6) is 1.08. The van der Waals surface area contributed by atoms with Crippen LogP contribution in [0.25, 0.3) is 0 Å². The Bertz CT molecular complexity index is 304. The Morgan fingerprint density at radius 2 is 2.21 bits per heavy atom. The number of nitrogens with one attached hydrogen (secondary N) is 1. The van der Waals surface area contributed by atoms with E-state index in [0.29, 0.717) is 0 Å². The van der Waals surface area contributed by atoms with Gasteiger partial charge in [-0.05, 0) is 22.9 Å². The van der Waals surface area contributed by atoms with Crippen LogP contribution in [0.2, 0.25) is 0 Å². The first-order valence-corrected chi connectivity index (χ1v) is 5.79. The lowest BCUT2D eigenvalue weighted by Crippen LogP contribution is -2.44. The molecule has 1 fully saturated rings. The number of hydrogen-bond acceptors (Lipinski definition) is 3. The summed E-state index contributed by atoms with van der Waals surface area (Å²) in [5.41, 5.74) is 0. The predicted molar refractivity (Wildman–Crippen MR) is 60.7 cm³/mol. The van der Waals surface area contributed by atoms with Crippen molar-refractivity contribution < 1.29 is 0 Å². The van der Waals surface area contributed by atoms with E-state index in [4.69, 9.17) is 0 Å². The van der Waals surface area contributed by atoms with Crippen LogP contribution in [-0.4, -0.2) is 35.7 Å². The second kappa shape index (κ2) is 4.31. The topological polar surface area (TPSA) is 33.1 Å². The SMILES string of the molecule is CCn1c(Br)cnc1N1CCNCC1. The highest BCUT2D eigenvalue weighted by Gasteiger charge is 2.16. The minimum Gasteiger partial charge on any atom is -0.340 e. The molecule has 0 atom stereocenters. The largest absolute Gasteiger partial charge is 0.340 e. The molecule has 78 valence electrons. The van der Waals surface area contributed by atoms with Gasteiger partial charge in [0.2, 0.25) is 5.95 Å². The van der Waals surface area contributed by atoms with E-state index in [2.05, 4.69) is 42.6 Å². The Hall–Kier alpha value is -0.550. The van der Waals surface area contributed by atoms with Crippen molar-refractivity contribution in [3.8, 4) is 0 Å². The van der Waals surface area contributed by atoms with Crippen molar-refractivity contribution in [2.24, 2.45) is 0 Å². The predicted octanol–water partition coefficient (Wildman–Crippen LogP) is 1.08. The zero-order valence-corrected chi connectivity index (χ0v) is 9.92. The van der Waals surface area contributed by atoms with Crippen LogP contribution in [-0.2, 0) is 6.54 Å². The molecule has 0 amide bonds. The summed E-state index contributed by atoms with van der Waals surface area (Å²) in [6, 6.07) is 0. The van der Waals surface area contributed by atoms with Gasteiger partial charge >= 0.3 is 0 Å². The van der Waals surface area contributed by atoms with E-state index >= 15 is 0 Å². The second-order valence-electron chi connectivity index (χ2n) is 3.36. The quantitative estimate of drug-likeness (QED) is 0.862. The van der Waals surface area contributed by atoms with Crippen LogP contribution >= 0.6 is 15.9 Å². The zero-order chi connectivity index (χ0) is 9.97. The molecule has 2 heterocycles. The van der Waals surface area contributed by atoms with Gasteiger partial charge in [-0.1, -0.05) is 0 Å². The Kier molecular flexibility index (Phi) is 3.08. The number of halogens is 1. The first-order valence-electron chi connectivity index (χ1n) is 4.99. The second-order valence-corrected chi connectivity index (χ2v) is 4.17. The molecule has 1 aliphatic heterocycles. The summed E-state index contributed by atoms with van der Waals surface area (Å²) >= 11 is 3.50. The summed E-state index contributed by atoms with van der Waals surface area (Å²) in [6.07, 6.45) is 1.88. The maximum atomic E-state index is 4.42. The van der Waals surface area contributed by atoms with Crippen molar-refractivity contribution in [2.45, 2.75) is 13.5 Å². The molecule has 1 aromatic heterocycles. The molecule has 0 radical (unpaired) electrons. The molecule has 14 heavy (non-hydrogen) atoms. The van der Waals surface area contributed by atoms with E-state index in [9.17, 15) is 0 Å². The van der Waals surface area contributed by atoms with Gasteiger partial charge in [-0.3, -0.25) is 0 Å². The van der Waals surface area contributed by atoms with E-state index in [1.165, 1.54) is 0 Å². The highest BCUT2D eigenvalue weighted by atomic mass is 79.9. The Morgan fingerprint density at radius 1 is 1.50 bits per heavy atom. The van der Waals surface area contributed by atoms with Gasteiger partial charge in [0, 0.05) is 32.7 Å². The van der Waals surface area contributed by atoms with E-state index in [0.717, 1.165) is 43.3 Å². The smallest absolute Gasteiger partial charge is 0.206 e. The minimum absolute atomic E-state index is 0.958. The van der Waals surface area contributed by atoms with E-state index in [1.807, 2.05) is 6.20 Å². The van der Waals surface area contributed by atoms with Crippen molar-refractivity contribution >= 4 is 21.9 Å². The Morgan fingerprint density at radius 3 is 2.86 bits per heavy atom. The van der Waals surface area contributed by atoms with Crippen LogP contribution in [0, 0.1) is 0 Å². The molecule has 0 spiro atoms. The maximum Gasteiger partial charge on any atom is 0.206 e. The number of aromatic nitrogens is 2. The van der Waals surface area contributed by atoms with Crippen molar-refractivity contribution in [2.75, 3.05) is 31.1 Å². The van der Waals surface area contributed by atoms with E-state index < -0.39 is 0 Å². The summed E-state index contributed by atoms with van der Waals surface area (Å²) in [4.78, 5) is 6.75. The van der Waals surface area contributed by atoms with Gasteiger partial charge in [-0.15, -0.1) is 0 Å². The van der Waals surface area contributed by atoms with Crippen molar-refractivity contribution in [3.63, 3.8) is 0 Å². The molecule has 5 heteroatoms. The van der Waals surface area contributed by atoms with Crippen LogP contribution in [0.4, 0.5) is 5.95 Å². The average molecular weight is 259 g/mol. The number of hydrogen-bond donors (Lipinski definition) is 1. The van der Waals surface area contributed by atoms with Gasteiger partial charge in [0.15, 0.2) is 0 Å². The standard InChI is InChI=1S/C9H15BrN4/c1-2-14-8(10)7-12-9(14)13-5-3-11-4-6-13/h7,11H,2-6H2,1H3. The third-order valence-electron chi connectivity index (χ3n) is 2.50. The molecule has 0 saturated carbocycles. The normalized spacial score (nSPS) is 17.4. The van der Waals surface area contributed by atoms with Crippen LogP contribution in [0.15, 0.2) is 10.8 Å². The molecule has 2 rings (SSSR count). The van der Waals surface area contributed by atoms with Crippen LogP contribution < -0.4 is 10.2 Å². The van der Waals surface area contributed by atoms with Crippen molar-refractivity contribution in [3.05, 3.63) is 10.8 Å². The Labute approximate surface area is 92.4 Å². The van der Waals surface area contributed by atoms with E-state index in [1.54, 1.807) is 0 Å². The van der Waals surface area contributed by atoms with Crippen LogP contribution in [0.3, 0.4) is 0 Å². The zero-order valence-electron chi connectivity index (χ0n) is 8.33. The van der Waals surface area contributed by atoms with Gasteiger partial charge < -0.3 is 14.8 Å². The number of rotatable bonds is 2. The number of nitrogens with zero attached hydrogens (tertiary/aromatic N) is 3. The molecule has 1 N–H and O–H groups in total. The molecule has 0 bridgehead atoms. The molecule has 0 aliphatic carbocycles. The van der Waals surface area contributed by atoms with Gasteiger partial charge in [0.05, 0.1) is 6.20 Å². The molecular formula is C9H15BrN4. The molecule has 4 nitrogen and oxygen atoms in total. The fourth-order valence-corrected chi connectivity index (χ4v) is 2.27. The van der Waals surface area contributed by atoms with Crippen LogP contribution in [0.1, 0.15) is 6.92 Å². The number of imidazole rings is 1. The molecule has 1 aromatic rings. The van der Waals surface area contributed by atoms with Gasteiger partial charge in [0.1, 0.15) is 4.60 Å². The fraction of sp³-hybridized carbons (Fsp3) is 0.667. The van der Waals surface area contributed by atoms with E-state index in [-0.39, 0.29) is 0 Å². The summed E-state index contributed by atoms with van der Waals surface area (Å²) in [5, 5.41) is 3.34. The maximum absolute atomic E-state index is 4.42. The number of piperazine rings is 1. The molecule has 0 aromatic carbocycles. The third-order valence-corrected chi connectivity index (χ3v) is 3.13. The number of anilines is 1. The van der Waals surface area contributed by atoms with Crippen LogP contribution in [0.5, 0.6) is 0 Å². The van der Waals surface area contributed by atoms with Crippen molar-refractivity contribution in [1.29, 1.82) is 0 Å². The fourth-order valence-electron chi connectivity index (χ4n) is 1.76. The van der Waals surface area contributed by atoms with Gasteiger partial charge in [-0.2, -0.15) is 0 Å². The lowest BCUT2D eigenvalue weighted by molar-refractivity contribution is 0.566. The monoisotopic (exact) mass is 258 g/mol. The summed E-state index contributed by atoms with van der Waals surface area (Å²) in [6.45, 7) is 7.28. The lowest BCUT2D eigenvalue weighted by Gasteiger charge is -2.28. The molecule has 1 saturated heterocycles. The highest BCUT2D eigenvalue weighted by molar-refractivity contribution is 9.10. The first kappa shape index (κ1) is 9.98. The summed E-state index contributed by atoms with van der Waals surface area (Å²) < 4.78 is 3.25. The summed E-state index contributed by atoms with van der Waals surface area (Å²) in [7, 11) is 0. The molecule has 0 unspecified atom stereocenters. The molecule has 1 aliphatic rings.